The van der Waals surface area contributed by atoms with Gasteiger partial charge < -0.3 is 0 Å². The third-order valence-electron chi connectivity index (χ3n) is 3.98. The van der Waals surface area contributed by atoms with Crippen LogP contribution >= 0.6 is 15.9 Å². The Bertz CT molecular complexity index is 1090. The van der Waals surface area contributed by atoms with Gasteiger partial charge in [0.2, 0.25) is 0 Å². The Kier molecular flexibility index (Phi) is 5.48. The van der Waals surface area contributed by atoms with Gasteiger partial charge in [0, 0.05) is 15.7 Å². The SMILES string of the molecule is Cc1cc(C)n(Cc2cccc(C(=O)NS(=O)(=O)c3ccc(Br)cc3)c2)n1. The Balaban J connectivity index is 1.79. The van der Waals surface area contributed by atoms with Crippen LogP contribution in [0.2, 0.25) is 0 Å². The zero-order chi connectivity index (χ0) is 19.6. The summed E-state index contributed by atoms with van der Waals surface area (Å²) >= 11 is 3.25. The van der Waals surface area contributed by atoms with Gasteiger partial charge in [-0.2, -0.15) is 5.10 Å². The van der Waals surface area contributed by atoms with Crippen molar-refractivity contribution in [3.63, 3.8) is 0 Å². The van der Waals surface area contributed by atoms with Gasteiger partial charge in [-0.3, -0.25) is 9.48 Å². The highest BCUT2D eigenvalue weighted by Gasteiger charge is 2.19. The summed E-state index contributed by atoms with van der Waals surface area (Å²) in [4.78, 5) is 12.5. The number of carbonyl (C=O) groups excluding carboxylic acids is 1. The maximum absolute atomic E-state index is 12.5. The highest BCUT2D eigenvalue weighted by atomic mass is 79.9. The molecule has 0 aliphatic carbocycles. The third kappa shape index (κ3) is 4.64. The van der Waals surface area contributed by atoms with Crippen molar-refractivity contribution in [1.82, 2.24) is 14.5 Å². The first kappa shape index (κ1) is 19.3. The van der Waals surface area contributed by atoms with Crippen LogP contribution in [0, 0.1) is 13.8 Å². The van der Waals surface area contributed by atoms with Crippen molar-refractivity contribution < 1.29 is 13.2 Å². The van der Waals surface area contributed by atoms with E-state index in [9.17, 15) is 13.2 Å². The van der Waals surface area contributed by atoms with Crippen LogP contribution in [0.15, 0.2) is 64.0 Å². The Morgan fingerprint density at radius 2 is 1.81 bits per heavy atom. The number of carbonyl (C=O) groups is 1. The summed E-state index contributed by atoms with van der Waals surface area (Å²) < 4.78 is 29.5. The molecule has 0 aliphatic heterocycles. The van der Waals surface area contributed by atoms with Gasteiger partial charge in [0.05, 0.1) is 17.1 Å². The van der Waals surface area contributed by atoms with Gasteiger partial charge in [0.1, 0.15) is 0 Å². The molecule has 3 rings (SSSR count). The van der Waals surface area contributed by atoms with E-state index < -0.39 is 15.9 Å². The van der Waals surface area contributed by atoms with Gasteiger partial charge in [-0.05, 0) is 61.9 Å². The molecule has 0 atom stereocenters. The topological polar surface area (TPSA) is 81.1 Å². The first-order valence-corrected chi connectivity index (χ1v) is 10.4. The standard InChI is InChI=1S/C19H18BrN3O3S/c1-13-10-14(2)23(21-13)12-15-4-3-5-16(11-15)19(24)22-27(25,26)18-8-6-17(20)7-9-18/h3-11H,12H2,1-2H3,(H,22,24). The van der Waals surface area contributed by atoms with Crippen molar-refractivity contribution >= 4 is 31.9 Å². The smallest absolute Gasteiger partial charge is 0.265 e. The van der Waals surface area contributed by atoms with Crippen molar-refractivity contribution in [1.29, 1.82) is 0 Å². The Morgan fingerprint density at radius 1 is 1.11 bits per heavy atom. The van der Waals surface area contributed by atoms with E-state index in [2.05, 4.69) is 25.8 Å². The molecule has 0 saturated heterocycles. The summed E-state index contributed by atoms with van der Waals surface area (Å²) in [5, 5.41) is 4.40. The molecule has 1 aromatic heterocycles. The van der Waals surface area contributed by atoms with E-state index in [4.69, 9.17) is 0 Å². The highest BCUT2D eigenvalue weighted by Crippen LogP contribution is 2.15. The summed E-state index contributed by atoms with van der Waals surface area (Å²) in [6.45, 7) is 4.38. The van der Waals surface area contributed by atoms with Gasteiger partial charge in [0.15, 0.2) is 0 Å². The van der Waals surface area contributed by atoms with Crippen LogP contribution in [0.3, 0.4) is 0 Å². The largest absolute Gasteiger partial charge is 0.268 e. The van der Waals surface area contributed by atoms with Gasteiger partial charge in [-0.1, -0.05) is 28.1 Å². The molecule has 0 radical (unpaired) electrons. The second-order valence-electron chi connectivity index (χ2n) is 6.17. The molecule has 1 N–H and O–H groups in total. The van der Waals surface area contributed by atoms with Crippen LogP contribution < -0.4 is 4.72 Å². The minimum atomic E-state index is -3.94. The van der Waals surface area contributed by atoms with Crippen molar-refractivity contribution in [2.24, 2.45) is 0 Å². The number of nitrogens with one attached hydrogen (secondary N) is 1. The highest BCUT2D eigenvalue weighted by molar-refractivity contribution is 9.10. The average molecular weight is 448 g/mol. The van der Waals surface area contributed by atoms with Crippen LogP contribution in [0.5, 0.6) is 0 Å². The molecule has 1 heterocycles. The van der Waals surface area contributed by atoms with Crippen molar-refractivity contribution in [3.05, 3.63) is 81.6 Å². The summed E-state index contributed by atoms with van der Waals surface area (Å²) in [6, 6.07) is 14.9. The van der Waals surface area contributed by atoms with E-state index in [1.54, 1.807) is 30.3 Å². The lowest BCUT2D eigenvalue weighted by Crippen LogP contribution is -2.30. The molecule has 0 aliphatic rings. The fourth-order valence-corrected chi connectivity index (χ4v) is 3.91. The maximum Gasteiger partial charge on any atom is 0.265 e. The molecule has 6 nitrogen and oxygen atoms in total. The minimum absolute atomic E-state index is 0.0258. The second-order valence-corrected chi connectivity index (χ2v) is 8.77. The molecular weight excluding hydrogens is 430 g/mol. The molecule has 8 heteroatoms. The normalized spacial score (nSPS) is 11.4. The molecule has 0 saturated carbocycles. The van der Waals surface area contributed by atoms with Gasteiger partial charge in [-0.15, -0.1) is 0 Å². The number of hydrogen-bond donors (Lipinski definition) is 1. The summed E-state index contributed by atoms with van der Waals surface area (Å²) in [5.41, 5.74) is 3.06. The van der Waals surface area contributed by atoms with E-state index in [1.807, 2.05) is 30.7 Å². The molecule has 0 fully saturated rings. The Hall–Kier alpha value is -2.45. The number of amides is 1. The van der Waals surface area contributed by atoms with E-state index in [0.717, 1.165) is 21.4 Å². The van der Waals surface area contributed by atoms with Crippen molar-refractivity contribution in [3.8, 4) is 0 Å². The van der Waals surface area contributed by atoms with E-state index in [-0.39, 0.29) is 10.5 Å². The lowest BCUT2D eigenvalue weighted by atomic mass is 10.1. The number of benzene rings is 2. The number of sulfonamides is 1. The molecule has 0 unspecified atom stereocenters. The zero-order valence-corrected chi connectivity index (χ0v) is 17.2. The first-order chi connectivity index (χ1) is 12.7. The summed E-state index contributed by atoms with van der Waals surface area (Å²) in [6.07, 6.45) is 0. The number of nitrogens with zero attached hydrogens (tertiary/aromatic N) is 2. The van der Waals surface area contributed by atoms with E-state index >= 15 is 0 Å². The minimum Gasteiger partial charge on any atom is -0.268 e. The van der Waals surface area contributed by atoms with E-state index in [0.29, 0.717) is 6.54 Å². The number of halogens is 1. The van der Waals surface area contributed by atoms with Crippen LogP contribution in [-0.2, 0) is 16.6 Å². The Morgan fingerprint density at radius 3 is 2.44 bits per heavy atom. The monoisotopic (exact) mass is 447 g/mol. The summed E-state index contributed by atoms with van der Waals surface area (Å²) in [7, 11) is -3.94. The molecule has 0 bridgehead atoms. The van der Waals surface area contributed by atoms with Gasteiger partial charge >= 0.3 is 0 Å². The maximum atomic E-state index is 12.5. The third-order valence-corrected chi connectivity index (χ3v) is 5.85. The average Bonchev–Trinajstić information content (AvgIpc) is 2.92. The van der Waals surface area contributed by atoms with Crippen molar-refractivity contribution in [2.45, 2.75) is 25.3 Å². The van der Waals surface area contributed by atoms with Crippen LogP contribution in [0.1, 0.15) is 27.3 Å². The molecule has 2 aromatic carbocycles. The molecule has 1 amide bonds. The lowest BCUT2D eigenvalue weighted by molar-refractivity contribution is 0.0981. The molecule has 27 heavy (non-hydrogen) atoms. The predicted molar refractivity (Wildman–Crippen MR) is 106 cm³/mol. The number of rotatable bonds is 5. The summed E-state index contributed by atoms with van der Waals surface area (Å²) in [5.74, 6) is -0.673. The molecular formula is C19H18BrN3O3S. The van der Waals surface area contributed by atoms with Crippen molar-refractivity contribution in [2.75, 3.05) is 0 Å². The zero-order valence-electron chi connectivity index (χ0n) is 14.8. The predicted octanol–water partition coefficient (Wildman–Crippen LogP) is 3.43. The number of aryl methyl sites for hydroxylation is 2. The quantitative estimate of drug-likeness (QED) is 0.649. The first-order valence-electron chi connectivity index (χ1n) is 8.17. The number of aromatic nitrogens is 2. The van der Waals surface area contributed by atoms with Crippen LogP contribution in [-0.4, -0.2) is 24.1 Å². The fraction of sp³-hybridized carbons (Fsp3) is 0.158. The molecule has 3 aromatic rings. The lowest BCUT2D eigenvalue weighted by Gasteiger charge is -2.09. The fourth-order valence-electron chi connectivity index (χ4n) is 2.67. The Labute approximate surface area is 166 Å². The van der Waals surface area contributed by atoms with Gasteiger partial charge in [0.25, 0.3) is 15.9 Å². The number of hydrogen-bond acceptors (Lipinski definition) is 4. The molecule has 140 valence electrons. The van der Waals surface area contributed by atoms with E-state index in [1.165, 1.54) is 12.1 Å². The van der Waals surface area contributed by atoms with Gasteiger partial charge in [-0.25, -0.2) is 13.1 Å². The van der Waals surface area contributed by atoms with Crippen LogP contribution in [0.4, 0.5) is 0 Å². The second kappa shape index (κ2) is 7.66. The molecule has 0 spiro atoms. The van der Waals surface area contributed by atoms with Crippen LogP contribution in [0.25, 0.3) is 0 Å².